The number of carboxylic acid groups (broad SMARTS) is 1. The van der Waals surface area contributed by atoms with Gasteiger partial charge in [-0.1, -0.05) is 30.4 Å². The summed E-state index contributed by atoms with van der Waals surface area (Å²) in [4.78, 5) is 10.4. The molecule has 3 nitrogen and oxygen atoms in total. The number of allylic oxidation sites excluding steroid dienone is 1. The monoisotopic (exact) mass is 257 g/mol. The maximum atomic E-state index is 10.4. The number of hydrogen-bond acceptors (Lipinski definition) is 1. The lowest BCUT2D eigenvalue weighted by atomic mass is 10.1. The molecule has 1 heterocycles. The molecule has 0 amide bonds. The van der Waals surface area contributed by atoms with E-state index < -0.39 is 5.97 Å². The highest BCUT2D eigenvalue weighted by atomic mass is 16.4. The van der Waals surface area contributed by atoms with E-state index >= 15 is 0 Å². The third-order valence-electron chi connectivity index (χ3n) is 3.49. The van der Waals surface area contributed by atoms with Gasteiger partial charge in [0.25, 0.3) is 0 Å². The van der Waals surface area contributed by atoms with E-state index in [0.29, 0.717) is 6.42 Å². The number of benzene rings is 1. The van der Waals surface area contributed by atoms with Crippen LogP contribution in [0.15, 0.2) is 30.3 Å². The van der Waals surface area contributed by atoms with E-state index in [1.165, 1.54) is 22.2 Å². The first-order chi connectivity index (χ1) is 9.11. The minimum absolute atomic E-state index is 0.235. The first-order valence-electron chi connectivity index (χ1n) is 6.53. The van der Waals surface area contributed by atoms with Crippen LogP contribution in [0.1, 0.15) is 30.5 Å². The molecular formula is C16H19NO2. The molecule has 2 aromatic rings. The van der Waals surface area contributed by atoms with Gasteiger partial charge in [0.1, 0.15) is 0 Å². The van der Waals surface area contributed by atoms with Gasteiger partial charge in [0.2, 0.25) is 0 Å². The van der Waals surface area contributed by atoms with Crippen LogP contribution < -0.4 is 0 Å². The lowest BCUT2D eigenvalue weighted by molar-refractivity contribution is -0.137. The van der Waals surface area contributed by atoms with E-state index in [4.69, 9.17) is 5.11 Å². The molecule has 1 aromatic heterocycles. The van der Waals surface area contributed by atoms with Gasteiger partial charge in [-0.3, -0.25) is 4.79 Å². The fourth-order valence-corrected chi connectivity index (χ4v) is 2.33. The third-order valence-corrected chi connectivity index (χ3v) is 3.49. The summed E-state index contributed by atoms with van der Waals surface area (Å²) in [5.74, 6) is -0.727. The zero-order chi connectivity index (χ0) is 13.8. The summed E-state index contributed by atoms with van der Waals surface area (Å²) in [6.45, 7) is 2.11. The third kappa shape index (κ3) is 2.87. The molecule has 0 saturated heterocycles. The van der Waals surface area contributed by atoms with Gasteiger partial charge < -0.3 is 9.67 Å². The Kier molecular flexibility index (Phi) is 4.05. The standard InChI is InChI=1S/C16H19NO2/c1-12-13(8-4-3-5-11-16(18)19)14-9-6-7-10-15(14)17(12)2/h4,6-10H,3,5,11H2,1-2H3,(H,18,19)/b8-4+. The van der Waals surface area contributed by atoms with Crippen molar-refractivity contribution in [2.45, 2.75) is 26.2 Å². The Hall–Kier alpha value is -2.03. The summed E-state index contributed by atoms with van der Waals surface area (Å²) in [7, 11) is 2.07. The molecular weight excluding hydrogens is 238 g/mol. The van der Waals surface area contributed by atoms with E-state index in [9.17, 15) is 4.79 Å². The van der Waals surface area contributed by atoms with E-state index in [1.54, 1.807) is 0 Å². The molecule has 0 bridgehead atoms. The molecule has 0 aliphatic rings. The smallest absolute Gasteiger partial charge is 0.303 e. The average Bonchev–Trinajstić information content (AvgIpc) is 2.63. The minimum atomic E-state index is -0.727. The maximum absolute atomic E-state index is 10.4. The highest BCUT2D eigenvalue weighted by Gasteiger charge is 2.08. The van der Waals surface area contributed by atoms with Crippen LogP contribution in [0.5, 0.6) is 0 Å². The molecule has 0 atom stereocenters. The molecule has 0 aliphatic carbocycles. The Morgan fingerprint density at radius 3 is 2.84 bits per heavy atom. The summed E-state index contributed by atoms with van der Waals surface area (Å²) >= 11 is 0. The second kappa shape index (κ2) is 5.74. The average molecular weight is 257 g/mol. The lowest BCUT2D eigenvalue weighted by Crippen LogP contribution is -1.92. The van der Waals surface area contributed by atoms with Crippen molar-refractivity contribution in [1.82, 2.24) is 4.57 Å². The van der Waals surface area contributed by atoms with Crippen LogP contribution in [0.4, 0.5) is 0 Å². The number of carboxylic acids is 1. The lowest BCUT2D eigenvalue weighted by Gasteiger charge is -1.97. The van der Waals surface area contributed by atoms with Crippen LogP contribution in [0.25, 0.3) is 17.0 Å². The molecule has 2 rings (SSSR count). The van der Waals surface area contributed by atoms with Crippen LogP contribution in [0.2, 0.25) is 0 Å². The molecule has 0 saturated carbocycles. The quantitative estimate of drug-likeness (QED) is 0.829. The molecule has 1 N–H and O–H groups in total. The first kappa shape index (κ1) is 13.4. The molecule has 0 fully saturated rings. The molecule has 3 heteroatoms. The van der Waals surface area contributed by atoms with Crippen molar-refractivity contribution in [3.63, 3.8) is 0 Å². The van der Waals surface area contributed by atoms with Gasteiger partial charge in [-0.25, -0.2) is 0 Å². The van der Waals surface area contributed by atoms with Gasteiger partial charge in [-0.2, -0.15) is 0 Å². The molecule has 1 aromatic carbocycles. The Bertz CT molecular complexity index is 623. The van der Waals surface area contributed by atoms with Gasteiger partial charge in [0.05, 0.1) is 0 Å². The summed E-state index contributed by atoms with van der Waals surface area (Å²) in [5.41, 5.74) is 3.69. The summed E-state index contributed by atoms with van der Waals surface area (Å²) in [6.07, 6.45) is 5.90. The van der Waals surface area contributed by atoms with Gasteiger partial charge in [0, 0.05) is 35.6 Å². The highest BCUT2D eigenvalue weighted by Crippen LogP contribution is 2.25. The number of unbranched alkanes of at least 4 members (excludes halogenated alkanes) is 1. The van der Waals surface area contributed by atoms with E-state index in [1.807, 2.05) is 12.1 Å². The second-order valence-electron chi connectivity index (χ2n) is 4.76. The molecule has 19 heavy (non-hydrogen) atoms. The van der Waals surface area contributed by atoms with Crippen LogP contribution in [-0.4, -0.2) is 15.6 Å². The minimum Gasteiger partial charge on any atom is -0.481 e. The Balaban J connectivity index is 2.18. The van der Waals surface area contributed by atoms with Crippen molar-refractivity contribution in [3.05, 3.63) is 41.6 Å². The molecule has 0 spiro atoms. The SMILES string of the molecule is Cc1c(/C=C/CCCC(=O)O)c2ccccc2n1C. The van der Waals surface area contributed by atoms with Crippen LogP contribution in [0.3, 0.4) is 0 Å². The van der Waals surface area contributed by atoms with Gasteiger partial charge in [0.15, 0.2) is 0 Å². The van der Waals surface area contributed by atoms with Crippen LogP contribution in [0, 0.1) is 6.92 Å². The van der Waals surface area contributed by atoms with Gasteiger partial charge in [-0.05, 0) is 25.8 Å². The number of nitrogens with zero attached hydrogens (tertiary/aromatic N) is 1. The van der Waals surface area contributed by atoms with Crippen molar-refractivity contribution in [2.24, 2.45) is 7.05 Å². The Morgan fingerprint density at radius 1 is 1.37 bits per heavy atom. The predicted molar refractivity (Wildman–Crippen MR) is 78.2 cm³/mol. The number of rotatable bonds is 5. The van der Waals surface area contributed by atoms with Gasteiger partial charge in [-0.15, -0.1) is 0 Å². The van der Waals surface area contributed by atoms with Crippen molar-refractivity contribution >= 4 is 22.9 Å². The Labute approximate surface area is 113 Å². The summed E-state index contributed by atoms with van der Waals surface area (Å²) < 4.78 is 2.19. The normalized spacial score (nSPS) is 11.5. The van der Waals surface area contributed by atoms with Crippen LogP contribution >= 0.6 is 0 Å². The van der Waals surface area contributed by atoms with Crippen molar-refractivity contribution in [2.75, 3.05) is 0 Å². The predicted octanol–water partition coefficient (Wildman–Crippen LogP) is 3.75. The fourth-order valence-electron chi connectivity index (χ4n) is 2.33. The summed E-state index contributed by atoms with van der Waals surface area (Å²) in [6, 6.07) is 8.33. The topological polar surface area (TPSA) is 42.2 Å². The number of aliphatic carboxylic acids is 1. The largest absolute Gasteiger partial charge is 0.481 e. The zero-order valence-electron chi connectivity index (χ0n) is 11.4. The maximum Gasteiger partial charge on any atom is 0.303 e. The Morgan fingerprint density at radius 2 is 2.11 bits per heavy atom. The van der Waals surface area contributed by atoms with E-state index in [0.717, 1.165) is 6.42 Å². The van der Waals surface area contributed by atoms with Gasteiger partial charge >= 0.3 is 5.97 Å². The molecule has 0 aliphatic heterocycles. The first-order valence-corrected chi connectivity index (χ1v) is 6.53. The zero-order valence-corrected chi connectivity index (χ0v) is 11.4. The number of para-hydroxylation sites is 1. The second-order valence-corrected chi connectivity index (χ2v) is 4.76. The molecule has 0 unspecified atom stereocenters. The van der Waals surface area contributed by atoms with Crippen molar-refractivity contribution < 1.29 is 9.90 Å². The number of aromatic nitrogens is 1. The number of aryl methyl sites for hydroxylation is 1. The van der Waals surface area contributed by atoms with E-state index in [2.05, 4.69) is 42.8 Å². The number of hydrogen-bond donors (Lipinski definition) is 1. The molecule has 100 valence electrons. The summed E-state index contributed by atoms with van der Waals surface area (Å²) in [5, 5.41) is 9.84. The van der Waals surface area contributed by atoms with Crippen molar-refractivity contribution in [3.8, 4) is 0 Å². The highest BCUT2D eigenvalue weighted by molar-refractivity contribution is 5.91. The van der Waals surface area contributed by atoms with Crippen molar-refractivity contribution in [1.29, 1.82) is 0 Å². The number of carbonyl (C=O) groups is 1. The van der Waals surface area contributed by atoms with E-state index in [-0.39, 0.29) is 6.42 Å². The number of fused-ring (bicyclic) bond motifs is 1. The molecule has 0 radical (unpaired) electrons. The van der Waals surface area contributed by atoms with Crippen LogP contribution in [-0.2, 0) is 11.8 Å². The fraction of sp³-hybridized carbons (Fsp3) is 0.312.